The Labute approximate surface area is 109 Å². The summed E-state index contributed by atoms with van der Waals surface area (Å²) in [7, 11) is 0. The maximum atomic E-state index is 4.49. The van der Waals surface area contributed by atoms with Crippen LogP contribution in [0.5, 0.6) is 0 Å². The van der Waals surface area contributed by atoms with Gasteiger partial charge in [0.25, 0.3) is 0 Å². The van der Waals surface area contributed by atoms with Gasteiger partial charge in [-0.15, -0.1) is 0 Å². The molecule has 3 heterocycles. The summed E-state index contributed by atoms with van der Waals surface area (Å²) in [6.07, 6.45) is 4.36. The van der Waals surface area contributed by atoms with Crippen molar-refractivity contribution in [1.82, 2.24) is 15.3 Å². The molecule has 3 rings (SSSR count). The van der Waals surface area contributed by atoms with E-state index in [-0.39, 0.29) is 0 Å². The molecule has 0 radical (unpaired) electrons. The monoisotopic (exact) mass is 246 g/mol. The van der Waals surface area contributed by atoms with Crippen LogP contribution in [0.25, 0.3) is 0 Å². The van der Waals surface area contributed by atoms with E-state index in [1.807, 2.05) is 0 Å². The minimum atomic E-state index is 0.467. The van der Waals surface area contributed by atoms with Gasteiger partial charge in [0.1, 0.15) is 12.1 Å². The van der Waals surface area contributed by atoms with Crippen molar-refractivity contribution in [3.63, 3.8) is 0 Å². The zero-order valence-corrected chi connectivity index (χ0v) is 11.3. The lowest BCUT2D eigenvalue weighted by Crippen LogP contribution is -2.45. The number of rotatable bonds is 2. The first-order valence-corrected chi connectivity index (χ1v) is 7.05. The van der Waals surface area contributed by atoms with Crippen LogP contribution in [0.1, 0.15) is 38.3 Å². The van der Waals surface area contributed by atoms with Crippen LogP contribution >= 0.6 is 0 Å². The second-order valence-electron chi connectivity index (χ2n) is 5.78. The predicted molar refractivity (Wildman–Crippen MR) is 72.8 cm³/mol. The molecule has 4 heteroatoms. The first kappa shape index (κ1) is 11.9. The molecule has 1 N–H and O–H groups in total. The Morgan fingerprint density at radius 3 is 3.06 bits per heavy atom. The zero-order chi connectivity index (χ0) is 12.5. The van der Waals surface area contributed by atoms with Crippen molar-refractivity contribution in [2.75, 3.05) is 24.5 Å². The van der Waals surface area contributed by atoms with E-state index in [1.54, 1.807) is 6.33 Å². The summed E-state index contributed by atoms with van der Waals surface area (Å²) < 4.78 is 0. The highest BCUT2D eigenvalue weighted by Gasteiger charge is 2.35. The van der Waals surface area contributed by atoms with Crippen LogP contribution in [0, 0.1) is 5.92 Å². The minimum absolute atomic E-state index is 0.467. The lowest BCUT2D eigenvalue weighted by molar-refractivity contribution is 0.383. The first-order chi connectivity index (χ1) is 8.75. The number of hydrogen-bond donors (Lipinski definition) is 1. The SMILES string of the molecule is CC(C)c1cc(N2CCCC3CNCC32)ncn1. The molecule has 1 aromatic rings. The van der Waals surface area contributed by atoms with Crippen molar-refractivity contribution in [1.29, 1.82) is 0 Å². The highest BCUT2D eigenvalue weighted by atomic mass is 15.3. The molecule has 2 aliphatic heterocycles. The Morgan fingerprint density at radius 2 is 2.22 bits per heavy atom. The van der Waals surface area contributed by atoms with E-state index in [2.05, 4.69) is 40.1 Å². The average Bonchev–Trinajstić information content (AvgIpc) is 2.87. The largest absolute Gasteiger partial charge is 0.352 e. The second-order valence-corrected chi connectivity index (χ2v) is 5.78. The Balaban J connectivity index is 1.86. The molecule has 2 aliphatic rings. The average molecular weight is 246 g/mol. The standard InChI is InChI=1S/C14H22N4/c1-10(2)12-6-14(17-9-16-12)18-5-3-4-11-7-15-8-13(11)18/h6,9-11,13,15H,3-5,7-8H2,1-2H3. The normalized spacial score (nSPS) is 27.6. The van der Waals surface area contributed by atoms with E-state index in [0.29, 0.717) is 12.0 Å². The van der Waals surface area contributed by atoms with E-state index in [9.17, 15) is 0 Å². The van der Waals surface area contributed by atoms with Crippen molar-refractivity contribution < 1.29 is 0 Å². The lowest BCUT2D eigenvalue weighted by Gasteiger charge is -2.38. The van der Waals surface area contributed by atoms with Gasteiger partial charge in [0.2, 0.25) is 0 Å². The molecule has 4 nitrogen and oxygen atoms in total. The summed E-state index contributed by atoms with van der Waals surface area (Å²) in [5.41, 5.74) is 1.15. The lowest BCUT2D eigenvalue weighted by atomic mass is 9.92. The van der Waals surface area contributed by atoms with Crippen LogP contribution in [-0.4, -0.2) is 35.6 Å². The molecule has 2 saturated heterocycles. The van der Waals surface area contributed by atoms with Crippen LogP contribution in [0.2, 0.25) is 0 Å². The number of anilines is 1. The summed E-state index contributed by atoms with van der Waals surface area (Å²) in [5.74, 6) is 2.39. The maximum Gasteiger partial charge on any atom is 0.132 e. The first-order valence-electron chi connectivity index (χ1n) is 7.05. The van der Waals surface area contributed by atoms with Gasteiger partial charge in [-0.1, -0.05) is 13.8 Å². The van der Waals surface area contributed by atoms with Gasteiger partial charge in [-0.2, -0.15) is 0 Å². The van der Waals surface area contributed by atoms with E-state index >= 15 is 0 Å². The maximum absolute atomic E-state index is 4.49. The van der Waals surface area contributed by atoms with Crippen LogP contribution in [0.15, 0.2) is 12.4 Å². The Hall–Kier alpha value is -1.16. The third-order valence-electron chi connectivity index (χ3n) is 4.24. The van der Waals surface area contributed by atoms with Crippen LogP contribution < -0.4 is 10.2 Å². The van der Waals surface area contributed by atoms with E-state index in [1.165, 1.54) is 19.4 Å². The summed E-state index contributed by atoms with van der Waals surface area (Å²) in [5, 5.41) is 3.52. The van der Waals surface area contributed by atoms with Gasteiger partial charge < -0.3 is 10.2 Å². The molecule has 18 heavy (non-hydrogen) atoms. The van der Waals surface area contributed by atoms with Crippen molar-refractivity contribution >= 4 is 5.82 Å². The van der Waals surface area contributed by atoms with E-state index < -0.39 is 0 Å². The number of aromatic nitrogens is 2. The minimum Gasteiger partial charge on any atom is -0.352 e. The molecule has 1 aromatic heterocycles. The van der Waals surface area contributed by atoms with Crippen molar-refractivity contribution in [3.05, 3.63) is 18.1 Å². The van der Waals surface area contributed by atoms with Gasteiger partial charge in [-0.05, 0) is 24.7 Å². The van der Waals surface area contributed by atoms with Crippen molar-refractivity contribution in [3.8, 4) is 0 Å². The highest BCUT2D eigenvalue weighted by Crippen LogP contribution is 2.30. The fourth-order valence-corrected chi connectivity index (χ4v) is 3.19. The summed E-state index contributed by atoms with van der Waals surface area (Å²) in [6.45, 7) is 7.77. The van der Waals surface area contributed by atoms with Gasteiger partial charge in [0.15, 0.2) is 0 Å². The molecule has 0 bridgehead atoms. The molecule has 2 unspecified atom stereocenters. The summed E-state index contributed by atoms with van der Waals surface area (Å²) >= 11 is 0. The molecule has 98 valence electrons. The van der Waals surface area contributed by atoms with Gasteiger partial charge in [-0.25, -0.2) is 9.97 Å². The molecule has 0 aliphatic carbocycles. The number of piperidine rings is 1. The fraction of sp³-hybridized carbons (Fsp3) is 0.714. The predicted octanol–water partition coefficient (Wildman–Crippen LogP) is 1.79. The molecule has 0 spiro atoms. The van der Waals surface area contributed by atoms with Gasteiger partial charge in [0, 0.05) is 37.4 Å². The summed E-state index contributed by atoms with van der Waals surface area (Å²) in [4.78, 5) is 11.3. The van der Waals surface area contributed by atoms with E-state index in [0.717, 1.165) is 30.5 Å². The number of hydrogen-bond acceptors (Lipinski definition) is 4. The van der Waals surface area contributed by atoms with Crippen LogP contribution in [-0.2, 0) is 0 Å². The molecular weight excluding hydrogens is 224 g/mol. The van der Waals surface area contributed by atoms with Crippen molar-refractivity contribution in [2.45, 2.75) is 38.6 Å². The third-order valence-corrected chi connectivity index (χ3v) is 4.24. The number of nitrogens with zero attached hydrogens (tertiary/aromatic N) is 3. The topological polar surface area (TPSA) is 41.0 Å². The smallest absolute Gasteiger partial charge is 0.132 e. The van der Waals surface area contributed by atoms with Gasteiger partial charge in [0.05, 0.1) is 0 Å². The Bertz CT molecular complexity index is 418. The summed E-state index contributed by atoms with van der Waals surface area (Å²) in [6, 6.07) is 2.81. The molecule has 0 saturated carbocycles. The van der Waals surface area contributed by atoms with Crippen LogP contribution in [0.3, 0.4) is 0 Å². The van der Waals surface area contributed by atoms with Gasteiger partial charge in [-0.3, -0.25) is 0 Å². The zero-order valence-electron chi connectivity index (χ0n) is 11.3. The Kier molecular flexibility index (Phi) is 3.20. The quantitative estimate of drug-likeness (QED) is 0.864. The number of fused-ring (bicyclic) bond motifs is 1. The molecule has 0 amide bonds. The number of nitrogens with one attached hydrogen (secondary N) is 1. The van der Waals surface area contributed by atoms with Crippen molar-refractivity contribution in [2.24, 2.45) is 5.92 Å². The third kappa shape index (κ3) is 2.09. The van der Waals surface area contributed by atoms with Crippen LogP contribution in [0.4, 0.5) is 5.82 Å². The molecule has 0 aromatic carbocycles. The molecule has 2 atom stereocenters. The molecular formula is C14H22N4. The highest BCUT2D eigenvalue weighted by molar-refractivity contribution is 5.42. The van der Waals surface area contributed by atoms with Gasteiger partial charge >= 0.3 is 0 Å². The van der Waals surface area contributed by atoms with E-state index in [4.69, 9.17) is 0 Å². The Morgan fingerprint density at radius 1 is 1.33 bits per heavy atom. The molecule has 2 fully saturated rings. The second kappa shape index (κ2) is 4.84. The fourth-order valence-electron chi connectivity index (χ4n) is 3.19.